The maximum absolute atomic E-state index is 15.6. The Morgan fingerprint density at radius 1 is 0.709 bits per heavy atom. The Morgan fingerprint density at radius 3 is 1.86 bits per heavy atom. The summed E-state index contributed by atoms with van der Waals surface area (Å²) in [6.07, 6.45) is -4.11. The standard InChI is InChI=1S/C73H105ClF3N13O12S/c1-18-44(6)60-69(100)84(12)46(8)64(95)90-33-30-53(90)68(99)87(15)56(36-48-24-22-43(5)23-25-48)67(98)83(11)39-58(91)79-52(29-27-47-26-28-50(51(74)35-47)73(75,76)77)65(96)86(14)55(37-49-40-103-41-78-49)63(94)81-72(31-20-21-32-72)71(102)89(17)61(45(7)19-2)70(101)88(16)57(66(97)82(9)10)38-59(92)85(13)54(34-42(3)4)62(93)80-60/h22-26,28,35,40-42,44-46,52-57,60-61H,18-21,27,29-34,36-39H2,1-17H3,(H,79,91)(H,80,93)(H,81,94)/t44-,45-,46-,52-,53?,54-,55-,56-,57-,60-,61-/m0/s1. The van der Waals surface area contributed by atoms with E-state index in [4.69, 9.17) is 11.6 Å². The summed E-state index contributed by atoms with van der Waals surface area (Å²) in [7, 11) is 12.5. The Kier molecular flexibility index (Phi) is 29.3. The van der Waals surface area contributed by atoms with Crippen LogP contribution in [0.3, 0.4) is 0 Å². The van der Waals surface area contributed by atoms with Gasteiger partial charge in [-0.1, -0.05) is 115 Å². The van der Waals surface area contributed by atoms with Crippen molar-refractivity contribution >= 4 is 93.8 Å². The van der Waals surface area contributed by atoms with Crippen molar-refractivity contribution in [1.82, 2.24) is 65.0 Å². The third kappa shape index (κ3) is 20.2. The van der Waals surface area contributed by atoms with Crippen LogP contribution in [0.1, 0.15) is 141 Å². The van der Waals surface area contributed by atoms with Gasteiger partial charge in [0.25, 0.3) is 0 Å². The van der Waals surface area contributed by atoms with Gasteiger partial charge in [-0.15, -0.1) is 11.3 Å². The summed E-state index contributed by atoms with van der Waals surface area (Å²) in [5.41, 5.74) is 0.883. The van der Waals surface area contributed by atoms with Crippen LogP contribution < -0.4 is 16.0 Å². The van der Waals surface area contributed by atoms with Crippen LogP contribution >= 0.6 is 22.9 Å². The molecule has 3 N–H and O–H groups in total. The number of nitrogens with one attached hydrogen (secondary N) is 3. The highest BCUT2D eigenvalue weighted by molar-refractivity contribution is 7.07. The lowest BCUT2D eigenvalue weighted by molar-refractivity contribution is -0.160. The zero-order chi connectivity index (χ0) is 77.0. The molecule has 103 heavy (non-hydrogen) atoms. The second-order valence-corrected chi connectivity index (χ2v) is 30.0. The Labute approximate surface area is 612 Å². The molecule has 3 aliphatic rings. The summed E-state index contributed by atoms with van der Waals surface area (Å²) in [5.74, 6) is -9.99. The maximum Gasteiger partial charge on any atom is 0.417 e. The predicted molar refractivity (Wildman–Crippen MR) is 383 cm³/mol. The van der Waals surface area contributed by atoms with E-state index in [-0.39, 0.29) is 69.4 Å². The van der Waals surface area contributed by atoms with Gasteiger partial charge in [-0.05, 0) is 93.4 Å². The van der Waals surface area contributed by atoms with Gasteiger partial charge in [0.2, 0.25) is 70.9 Å². The van der Waals surface area contributed by atoms with E-state index in [9.17, 15) is 46.7 Å². The van der Waals surface area contributed by atoms with E-state index in [2.05, 4.69) is 20.9 Å². The highest BCUT2D eigenvalue weighted by atomic mass is 35.5. The molecule has 25 nitrogen and oxygen atoms in total. The van der Waals surface area contributed by atoms with Gasteiger partial charge in [0.15, 0.2) is 0 Å². The third-order valence-electron chi connectivity index (χ3n) is 20.9. The molecule has 0 bridgehead atoms. The van der Waals surface area contributed by atoms with E-state index in [1.54, 1.807) is 31.4 Å². The van der Waals surface area contributed by atoms with Crippen LogP contribution in [0.25, 0.3) is 0 Å². The van der Waals surface area contributed by atoms with Crippen LogP contribution in [0, 0.1) is 24.7 Å². The lowest BCUT2D eigenvalue weighted by atomic mass is 9.90. The first-order chi connectivity index (χ1) is 48.2. The number of hydrogen-bond donors (Lipinski definition) is 3. The molecule has 3 fully saturated rings. The van der Waals surface area contributed by atoms with Gasteiger partial charge in [0.1, 0.15) is 59.9 Å². The molecule has 1 aromatic heterocycles. The number of amides is 12. The van der Waals surface area contributed by atoms with E-state index >= 15 is 24.0 Å². The Balaban J connectivity index is 1.49. The van der Waals surface area contributed by atoms with Gasteiger partial charge in [-0.25, -0.2) is 4.98 Å². The number of aryl methyl sites for hydroxylation is 2. The zero-order valence-corrected chi connectivity index (χ0v) is 64.1. The highest BCUT2D eigenvalue weighted by Crippen LogP contribution is 2.37. The summed E-state index contributed by atoms with van der Waals surface area (Å²) in [6, 6.07) is -1.64. The van der Waals surface area contributed by atoms with Crippen molar-refractivity contribution in [1.29, 1.82) is 0 Å². The largest absolute Gasteiger partial charge is 0.417 e. The topological polar surface area (TPSA) is 283 Å². The van der Waals surface area contributed by atoms with Gasteiger partial charge in [0, 0.05) is 88.2 Å². The van der Waals surface area contributed by atoms with Crippen molar-refractivity contribution in [3.8, 4) is 0 Å². The highest BCUT2D eigenvalue weighted by Gasteiger charge is 2.51. The first kappa shape index (κ1) is 83.7. The molecule has 1 unspecified atom stereocenters. The Hall–Kier alpha value is -8.21. The maximum atomic E-state index is 15.6. The van der Waals surface area contributed by atoms with E-state index in [1.165, 1.54) is 123 Å². The number of benzene rings is 2. The average Bonchev–Trinajstić information content (AvgIpc) is 1.68. The van der Waals surface area contributed by atoms with Crippen LogP contribution in [0.5, 0.6) is 0 Å². The van der Waals surface area contributed by atoms with E-state index in [1.807, 2.05) is 46.8 Å². The molecule has 2 saturated heterocycles. The first-order valence-electron chi connectivity index (χ1n) is 35.3. The summed E-state index contributed by atoms with van der Waals surface area (Å²) in [5, 5.41) is 9.68. The molecule has 6 rings (SSSR count). The third-order valence-corrected chi connectivity index (χ3v) is 21.9. The van der Waals surface area contributed by atoms with Crippen LogP contribution in [0.4, 0.5) is 13.2 Å². The number of aromatic nitrogens is 1. The number of rotatable bonds is 14. The van der Waals surface area contributed by atoms with Crippen molar-refractivity contribution in [2.75, 3.05) is 76.5 Å². The Bertz CT molecular complexity index is 3560. The zero-order valence-electron chi connectivity index (χ0n) is 62.5. The number of likely N-dealkylation sites (N-methyl/N-ethyl adjacent to an activating group) is 8. The van der Waals surface area contributed by atoms with Gasteiger partial charge in [0.05, 0.1) is 34.8 Å². The lowest BCUT2D eigenvalue weighted by Crippen LogP contribution is -2.65. The summed E-state index contributed by atoms with van der Waals surface area (Å²) < 4.78 is 41.8. The molecule has 11 atom stereocenters. The SMILES string of the molecule is CC[C@H](C)[C@@H]1NC(=O)[C@H](CC(C)C)N(C)C(=O)C[C@@H](C(=O)N(C)C)N(C)C(=O)[C@H]([C@@H](C)CC)N(C)C(=O)C2(CCCC2)NC(=O)[C@H](Cc2cscn2)N(C)C(=O)[C@H](CCc2ccc(C(F)(F)F)c(Cl)c2)NC(=O)CN(C)C(=O)[C@H](Cc2ccc(C)cc2)N(C)C(=O)C2CCN2C(=O)[C@H](C)N(C)C1=O. The molecule has 3 heterocycles. The summed E-state index contributed by atoms with van der Waals surface area (Å²) in [6.45, 7) is 13.6. The minimum absolute atomic E-state index is 0.0654. The van der Waals surface area contributed by atoms with Gasteiger partial charge < -0.3 is 60.0 Å². The molecule has 2 aliphatic heterocycles. The van der Waals surface area contributed by atoms with Crippen molar-refractivity contribution in [3.63, 3.8) is 0 Å². The fourth-order valence-electron chi connectivity index (χ4n) is 13.6. The number of alkyl halides is 3. The molecular formula is C73H105ClF3N13O12S. The molecule has 12 amide bonds. The minimum Gasteiger partial charge on any atom is -0.347 e. The molecule has 2 aromatic carbocycles. The number of fused-ring (bicyclic) bond motifs is 1. The number of nitrogens with zero attached hydrogens (tertiary/aromatic N) is 10. The number of hydrogen-bond acceptors (Lipinski definition) is 14. The number of carbonyl (C=O) groups excluding carboxylic acids is 12. The van der Waals surface area contributed by atoms with Crippen LogP contribution in [0.15, 0.2) is 53.4 Å². The minimum atomic E-state index is -4.79. The van der Waals surface area contributed by atoms with Crippen molar-refractivity contribution in [2.24, 2.45) is 17.8 Å². The summed E-state index contributed by atoms with van der Waals surface area (Å²) >= 11 is 7.39. The molecule has 1 spiro atoms. The molecule has 30 heteroatoms. The molecule has 1 aliphatic carbocycles. The first-order valence-corrected chi connectivity index (χ1v) is 36.6. The predicted octanol–water partition coefficient (Wildman–Crippen LogP) is 5.61. The van der Waals surface area contributed by atoms with E-state index in [0.29, 0.717) is 36.9 Å². The average molecular weight is 1480 g/mol. The number of halogens is 4. The number of thiazole rings is 1. The van der Waals surface area contributed by atoms with Gasteiger partial charge in [-0.3, -0.25) is 57.5 Å². The number of carbonyl (C=O) groups is 12. The molecule has 568 valence electrons. The molecular weight excluding hydrogens is 1380 g/mol. The van der Waals surface area contributed by atoms with Gasteiger partial charge >= 0.3 is 6.18 Å². The van der Waals surface area contributed by atoms with Gasteiger partial charge in [-0.2, -0.15) is 13.2 Å². The van der Waals surface area contributed by atoms with Crippen LogP contribution in [-0.2, 0) is 83.0 Å². The summed E-state index contributed by atoms with van der Waals surface area (Å²) in [4.78, 5) is 195. The van der Waals surface area contributed by atoms with Crippen LogP contribution in [0.2, 0.25) is 5.02 Å². The van der Waals surface area contributed by atoms with E-state index < -0.39 is 172 Å². The quantitative estimate of drug-likeness (QED) is 0.177. The van der Waals surface area contributed by atoms with Crippen molar-refractivity contribution in [3.05, 3.63) is 86.3 Å². The lowest BCUT2D eigenvalue weighted by Gasteiger charge is -2.45. The fraction of sp³-hybridized carbons (Fsp3) is 0.630. The van der Waals surface area contributed by atoms with Crippen LogP contribution in [-0.4, -0.2) is 256 Å². The molecule has 3 aromatic rings. The second kappa shape index (κ2) is 36.0. The van der Waals surface area contributed by atoms with E-state index in [0.717, 1.165) is 32.4 Å². The monoisotopic (exact) mass is 1480 g/mol. The fourth-order valence-corrected chi connectivity index (χ4v) is 14.5. The van der Waals surface area contributed by atoms with Crippen molar-refractivity contribution < 1.29 is 70.7 Å². The second-order valence-electron chi connectivity index (χ2n) is 28.9. The van der Waals surface area contributed by atoms with Crippen molar-refractivity contribution in [2.45, 2.75) is 205 Å². The normalized spacial score (nSPS) is 25.0. The molecule has 1 saturated carbocycles. The molecule has 0 radical (unpaired) electrons. The Morgan fingerprint density at radius 2 is 1.32 bits per heavy atom. The smallest absolute Gasteiger partial charge is 0.347 e.